The standard InChI is InChI=1S/C12H13BrFN/c13-11-7-9(5-6-12(11)14)8-15-10-3-1-2-4-10/h1-2,5-7,10,15H,3-4,8H2. The zero-order chi connectivity index (χ0) is 10.7. The molecule has 1 aromatic rings. The van der Waals surface area contributed by atoms with E-state index in [4.69, 9.17) is 0 Å². The molecular formula is C12H13BrFN. The fourth-order valence-corrected chi connectivity index (χ4v) is 2.12. The van der Waals surface area contributed by atoms with Gasteiger partial charge < -0.3 is 5.32 Å². The second-order valence-corrected chi connectivity index (χ2v) is 4.62. The average Bonchev–Trinajstić information content (AvgIpc) is 2.73. The molecule has 1 aliphatic carbocycles. The minimum Gasteiger partial charge on any atom is -0.309 e. The first-order valence-electron chi connectivity index (χ1n) is 5.08. The van der Waals surface area contributed by atoms with E-state index in [2.05, 4.69) is 33.4 Å². The molecule has 0 atom stereocenters. The van der Waals surface area contributed by atoms with Crippen molar-refractivity contribution in [2.24, 2.45) is 0 Å². The zero-order valence-electron chi connectivity index (χ0n) is 8.34. The van der Waals surface area contributed by atoms with Crippen LogP contribution >= 0.6 is 15.9 Å². The average molecular weight is 270 g/mol. The van der Waals surface area contributed by atoms with E-state index in [1.54, 1.807) is 0 Å². The summed E-state index contributed by atoms with van der Waals surface area (Å²) in [5.41, 5.74) is 1.11. The predicted octanol–water partition coefficient (Wildman–Crippen LogP) is 3.40. The Labute approximate surface area is 97.5 Å². The Morgan fingerprint density at radius 1 is 1.33 bits per heavy atom. The molecule has 0 radical (unpaired) electrons. The summed E-state index contributed by atoms with van der Waals surface area (Å²) in [5.74, 6) is -0.207. The fourth-order valence-electron chi connectivity index (χ4n) is 1.70. The van der Waals surface area contributed by atoms with Gasteiger partial charge in [-0.25, -0.2) is 4.39 Å². The van der Waals surface area contributed by atoms with Crippen LogP contribution in [-0.2, 0) is 6.54 Å². The van der Waals surface area contributed by atoms with Gasteiger partial charge in [0.25, 0.3) is 0 Å². The minimum absolute atomic E-state index is 0.207. The van der Waals surface area contributed by atoms with E-state index in [1.807, 2.05) is 12.1 Å². The molecule has 0 spiro atoms. The molecule has 0 fully saturated rings. The van der Waals surface area contributed by atoms with Crippen LogP contribution in [0.3, 0.4) is 0 Å². The van der Waals surface area contributed by atoms with Gasteiger partial charge in [-0.15, -0.1) is 0 Å². The highest BCUT2D eigenvalue weighted by Gasteiger charge is 2.09. The number of hydrogen-bond acceptors (Lipinski definition) is 1. The Balaban J connectivity index is 1.90. The lowest BCUT2D eigenvalue weighted by molar-refractivity contribution is 0.537. The van der Waals surface area contributed by atoms with Gasteiger partial charge in [0.05, 0.1) is 4.47 Å². The Bertz CT molecular complexity index is 368. The third-order valence-electron chi connectivity index (χ3n) is 2.59. The SMILES string of the molecule is Fc1ccc(CNC2CC=CC2)cc1Br. The van der Waals surface area contributed by atoms with Crippen molar-refractivity contribution < 1.29 is 4.39 Å². The van der Waals surface area contributed by atoms with E-state index in [0.29, 0.717) is 10.5 Å². The summed E-state index contributed by atoms with van der Waals surface area (Å²) in [5, 5.41) is 3.44. The normalized spacial score (nSPS) is 16.1. The van der Waals surface area contributed by atoms with Gasteiger partial charge in [0.2, 0.25) is 0 Å². The molecule has 0 unspecified atom stereocenters. The molecule has 1 aliphatic rings. The van der Waals surface area contributed by atoms with Crippen LogP contribution in [0.4, 0.5) is 4.39 Å². The van der Waals surface area contributed by atoms with Gasteiger partial charge in [0.15, 0.2) is 0 Å². The molecule has 1 nitrogen and oxygen atoms in total. The lowest BCUT2D eigenvalue weighted by Gasteiger charge is -2.11. The number of benzene rings is 1. The summed E-state index contributed by atoms with van der Waals surface area (Å²) < 4.78 is 13.5. The molecule has 2 rings (SSSR count). The third-order valence-corrected chi connectivity index (χ3v) is 3.19. The molecule has 1 aromatic carbocycles. The van der Waals surface area contributed by atoms with Gasteiger partial charge in [-0.3, -0.25) is 0 Å². The highest BCUT2D eigenvalue weighted by molar-refractivity contribution is 9.10. The maximum atomic E-state index is 13.0. The fraction of sp³-hybridized carbons (Fsp3) is 0.333. The Morgan fingerprint density at radius 2 is 2.07 bits per heavy atom. The van der Waals surface area contributed by atoms with Crippen LogP contribution in [0, 0.1) is 5.82 Å². The summed E-state index contributed by atoms with van der Waals surface area (Å²) in [7, 11) is 0. The first-order valence-corrected chi connectivity index (χ1v) is 5.87. The van der Waals surface area contributed by atoms with Crippen molar-refractivity contribution in [2.45, 2.75) is 25.4 Å². The van der Waals surface area contributed by atoms with Gasteiger partial charge in [0.1, 0.15) is 5.82 Å². The van der Waals surface area contributed by atoms with E-state index >= 15 is 0 Å². The van der Waals surface area contributed by atoms with E-state index in [9.17, 15) is 4.39 Å². The predicted molar refractivity (Wildman–Crippen MR) is 63.1 cm³/mol. The monoisotopic (exact) mass is 269 g/mol. The van der Waals surface area contributed by atoms with E-state index in [1.165, 1.54) is 6.07 Å². The van der Waals surface area contributed by atoms with Crippen LogP contribution in [0.25, 0.3) is 0 Å². The molecule has 80 valence electrons. The zero-order valence-corrected chi connectivity index (χ0v) is 9.93. The summed E-state index contributed by atoms with van der Waals surface area (Å²) in [6.07, 6.45) is 6.58. The maximum absolute atomic E-state index is 13.0. The number of nitrogens with one attached hydrogen (secondary N) is 1. The first kappa shape index (κ1) is 10.8. The molecular weight excluding hydrogens is 257 g/mol. The molecule has 0 saturated carbocycles. The van der Waals surface area contributed by atoms with Crippen LogP contribution in [0.15, 0.2) is 34.8 Å². The molecule has 0 aliphatic heterocycles. The number of hydrogen-bond donors (Lipinski definition) is 1. The van der Waals surface area contributed by atoms with Crippen molar-refractivity contribution in [1.29, 1.82) is 0 Å². The minimum atomic E-state index is -0.207. The van der Waals surface area contributed by atoms with Gasteiger partial charge in [-0.1, -0.05) is 18.2 Å². The maximum Gasteiger partial charge on any atom is 0.137 e. The van der Waals surface area contributed by atoms with Crippen molar-refractivity contribution >= 4 is 15.9 Å². The van der Waals surface area contributed by atoms with Crippen molar-refractivity contribution in [3.8, 4) is 0 Å². The molecule has 3 heteroatoms. The van der Waals surface area contributed by atoms with Crippen LogP contribution < -0.4 is 5.32 Å². The van der Waals surface area contributed by atoms with Crippen LogP contribution in [0.2, 0.25) is 0 Å². The summed E-state index contributed by atoms with van der Waals surface area (Å²) in [6, 6.07) is 5.68. The molecule has 0 saturated heterocycles. The first-order chi connectivity index (χ1) is 7.25. The van der Waals surface area contributed by atoms with Crippen molar-refractivity contribution in [2.75, 3.05) is 0 Å². The van der Waals surface area contributed by atoms with Crippen molar-refractivity contribution in [3.05, 3.63) is 46.2 Å². The van der Waals surface area contributed by atoms with Crippen molar-refractivity contribution in [3.63, 3.8) is 0 Å². The highest BCUT2D eigenvalue weighted by Crippen LogP contribution is 2.17. The van der Waals surface area contributed by atoms with Gasteiger partial charge in [-0.2, -0.15) is 0 Å². The van der Waals surface area contributed by atoms with E-state index < -0.39 is 0 Å². The van der Waals surface area contributed by atoms with Crippen molar-refractivity contribution in [1.82, 2.24) is 5.32 Å². The summed E-state index contributed by atoms with van der Waals surface area (Å²) in [6.45, 7) is 0.797. The second kappa shape index (κ2) is 4.90. The largest absolute Gasteiger partial charge is 0.309 e. The van der Waals surface area contributed by atoms with Gasteiger partial charge >= 0.3 is 0 Å². The highest BCUT2D eigenvalue weighted by atomic mass is 79.9. The lowest BCUT2D eigenvalue weighted by Crippen LogP contribution is -2.25. The quantitative estimate of drug-likeness (QED) is 0.830. The van der Waals surface area contributed by atoms with Crippen LogP contribution in [0.1, 0.15) is 18.4 Å². The number of rotatable bonds is 3. The lowest BCUT2D eigenvalue weighted by atomic mass is 10.2. The van der Waals surface area contributed by atoms with Crippen LogP contribution in [0.5, 0.6) is 0 Å². The summed E-state index contributed by atoms with van der Waals surface area (Å²) in [4.78, 5) is 0. The second-order valence-electron chi connectivity index (χ2n) is 3.77. The Hall–Kier alpha value is -0.670. The molecule has 1 N–H and O–H groups in total. The Morgan fingerprint density at radius 3 is 2.73 bits per heavy atom. The van der Waals surface area contributed by atoms with Crippen LogP contribution in [-0.4, -0.2) is 6.04 Å². The summed E-state index contributed by atoms with van der Waals surface area (Å²) >= 11 is 3.18. The van der Waals surface area contributed by atoms with Gasteiger partial charge in [0, 0.05) is 12.6 Å². The third kappa shape index (κ3) is 2.89. The Kier molecular flexibility index (Phi) is 3.54. The topological polar surface area (TPSA) is 12.0 Å². The number of halogens is 2. The smallest absolute Gasteiger partial charge is 0.137 e. The van der Waals surface area contributed by atoms with E-state index in [0.717, 1.165) is 24.9 Å². The molecule has 0 bridgehead atoms. The molecule has 15 heavy (non-hydrogen) atoms. The molecule has 0 amide bonds. The van der Waals surface area contributed by atoms with E-state index in [-0.39, 0.29) is 5.82 Å². The molecule has 0 aromatic heterocycles. The van der Waals surface area contributed by atoms with Gasteiger partial charge in [-0.05, 0) is 46.5 Å². The molecule has 0 heterocycles.